The lowest BCUT2D eigenvalue weighted by atomic mass is 9.81. The minimum atomic E-state index is -0.193. The van der Waals surface area contributed by atoms with E-state index in [0.29, 0.717) is 0 Å². The number of carbonyl (C=O) groups is 1. The molecule has 1 fully saturated rings. The third kappa shape index (κ3) is 2.84. The summed E-state index contributed by atoms with van der Waals surface area (Å²) >= 11 is 0. The van der Waals surface area contributed by atoms with E-state index in [1.165, 1.54) is 13.3 Å². The molecule has 2 rings (SSSR count). The first kappa shape index (κ1) is 12.9. The summed E-state index contributed by atoms with van der Waals surface area (Å²) in [5, 5.41) is 0. The quantitative estimate of drug-likeness (QED) is 0.770. The molecule has 1 aliphatic carbocycles. The molecular formula is C15H20O3. The number of rotatable bonds is 3. The maximum Gasteiger partial charge on any atom is 0.302 e. The molecule has 0 spiro atoms. The normalized spacial score (nSPS) is 23.4. The number of ether oxygens (including phenoxy) is 2. The van der Waals surface area contributed by atoms with Crippen molar-refractivity contribution in [2.45, 2.75) is 44.6 Å². The van der Waals surface area contributed by atoms with Crippen LogP contribution in [0.15, 0.2) is 24.3 Å². The molecule has 0 heterocycles. The summed E-state index contributed by atoms with van der Waals surface area (Å²) in [6, 6.07) is 8.02. The summed E-state index contributed by atoms with van der Waals surface area (Å²) in [7, 11) is 1.68. The average Bonchev–Trinajstić information content (AvgIpc) is 2.39. The van der Waals surface area contributed by atoms with Gasteiger partial charge in [0.25, 0.3) is 0 Å². The number of para-hydroxylation sites is 1. The summed E-state index contributed by atoms with van der Waals surface area (Å²) < 4.78 is 10.9. The van der Waals surface area contributed by atoms with Crippen LogP contribution in [0.25, 0.3) is 0 Å². The van der Waals surface area contributed by atoms with Crippen molar-refractivity contribution in [3.05, 3.63) is 29.8 Å². The molecule has 1 aromatic rings. The van der Waals surface area contributed by atoms with Crippen LogP contribution in [0.5, 0.6) is 5.75 Å². The zero-order valence-electron chi connectivity index (χ0n) is 11.0. The number of methoxy groups -OCH3 is 1. The molecule has 1 aliphatic rings. The van der Waals surface area contributed by atoms with E-state index in [0.717, 1.165) is 30.6 Å². The van der Waals surface area contributed by atoms with Crippen molar-refractivity contribution in [3.63, 3.8) is 0 Å². The molecule has 0 aliphatic heterocycles. The maximum absolute atomic E-state index is 11.2. The first-order valence-corrected chi connectivity index (χ1v) is 6.52. The Bertz CT molecular complexity index is 414. The van der Waals surface area contributed by atoms with Crippen LogP contribution in [0, 0.1) is 0 Å². The first-order valence-electron chi connectivity index (χ1n) is 6.52. The minimum absolute atomic E-state index is 0.00690. The SMILES string of the molecule is COc1ccccc1[C@@H]1CCCC[C@H]1OC(C)=O. The molecule has 98 valence electrons. The van der Waals surface area contributed by atoms with Crippen molar-refractivity contribution in [1.82, 2.24) is 0 Å². The van der Waals surface area contributed by atoms with Crippen molar-refractivity contribution in [2.24, 2.45) is 0 Å². The Kier molecular flexibility index (Phi) is 4.24. The van der Waals surface area contributed by atoms with Gasteiger partial charge in [-0.25, -0.2) is 0 Å². The topological polar surface area (TPSA) is 35.5 Å². The molecule has 0 unspecified atom stereocenters. The van der Waals surface area contributed by atoms with Gasteiger partial charge < -0.3 is 9.47 Å². The summed E-state index contributed by atoms with van der Waals surface area (Å²) in [5.41, 5.74) is 1.16. The van der Waals surface area contributed by atoms with E-state index in [-0.39, 0.29) is 18.0 Å². The van der Waals surface area contributed by atoms with Gasteiger partial charge in [0.15, 0.2) is 0 Å². The fraction of sp³-hybridized carbons (Fsp3) is 0.533. The largest absolute Gasteiger partial charge is 0.496 e. The molecule has 0 aromatic heterocycles. The van der Waals surface area contributed by atoms with E-state index in [1.54, 1.807) is 7.11 Å². The highest BCUT2D eigenvalue weighted by molar-refractivity contribution is 5.66. The first-order chi connectivity index (χ1) is 8.72. The minimum Gasteiger partial charge on any atom is -0.496 e. The predicted octanol–water partition coefficient (Wildman–Crippen LogP) is 3.28. The van der Waals surface area contributed by atoms with E-state index in [2.05, 4.69) is 6.07 Å². The summed E-state index contributed by atoms with van der Waals surface area (Å²) in [6.45, 7) is 1.48. The average molecular weight is 248 g/mol. The van der Waals surface area contributed by atoms with Gasteiger partial charge in [0.05, 0.1) is 7.11 Å². The molecular weight excluding hydrogens is 228 g/mol. The zero-order valence-corrected chi connectivity index (χ0v) is 11.0. The molecule has 1 saturated carbocycles. The fourth-order valence-electron chi connectivity index (χ4n) is 2.78. The van der Waals surface area contributed by atoms with Crippen molar-refractivity contribution >= 4 is 5.97 Å². The Labute approximate surface area is 108 Å². The smallest absolute Gasteiger partial charge is 0.302 e. The lowest BCUT2D eigenvalue weighted by Crippen LogP contribution is -2.28. The molecule has 0 amide bonds. The van der Waals surface area contributed by atoms with Gasteiger partial charge in [-0.1, -0.05) is 24.6 Å². The van der Waals surface area contributed by atoms with Gasteiger partial charge in [0.2, 0.25) is 0 Å². The van der Waals surface area contributed by atoms with E-state index >= 15 is 0 Å². The fourth-order valence-corrected chi connectivity index (χ4v) is 2.78. The lowest BCUT2D eigenvalue weighted by Gasteiger charge is -2.31. The molecule has 0 radical (unpaired) electrons. The van der Waals surface area contributed by atoms with Crippen molar-refractivity contribution in [1.29, 1.82) is 0 Å². The Hall–Kier alpha value is -1.51. The Morgan fingerprint density at radius 3 is 2.67 bits per heavy atom. The van der Waals surface area contributed by atoms with Gasteiger partial charge in [-0.2, -0.15) is 0 Å². The Morgan fingerprint density at radius 1 is 1.22 bits per heavy atom. The molecule has 0 N–H and O–H groups in total. The second kappa shape index (κ2) is 5.89. The molecule has 3 nitrogen and oxygen atoms in total. The number of carbonyl (C=O) groups excluding carboxylic acids is 1. The molecule has 1 aromatic carbocycles. The van der Waals surface area contributed by atoms with Crippen molar-refractivity contribution < 1.29 is 14.3 Å². The van der Waals surface area contributed by atoms with Crippen molar-refractivity contribution in [2.75, 3.05) is 7.11 Å². The summed E-state index contributed by atoms with van der Waals surface area (Å²) in [6.07, 6.45) is 4.30. The van der Waals surface area contributed by atoms with Gasteiger partial charge in [0.1, 0.15) is 11.9 Å². The van der Waals surface area contributed by atoms with E-state index in [4.69, 9.17) is 9.47 Å². The standard InChI is InChI=1S/C15H20O3/c1-11(16)18-15-10-6-4-8-13(15)12-7-3-5-9-14(12)17-2/h3,5,7,9,13,15H,4,6,8,10H2,1-2H3/t13-,15+/m0/s1. The number of benzene rings is 1. The summed E-state index contributed by atoms with van der Waals surface area (Å²) in [5.74, 6) is 0.960. The van der Waals surface area contributed by atoms with Crippen LogP contribution < -0.4 is 4.74 Å². The van der Waals surface area contributed by atoms with Crippen LogP contribution in [-0.2, 0) is 9.53 Å². The highest BCUT2D eigenvalue weighted by Gasteiger charge is 2.30. The third-order valence-electron chi connectivity index (χ3n) is 3.56. The van der Waals surface area contributed by atoms with E-state index in [9.17, 15) is 4.79 Å². The van der Waals surface area contributed by atoms with Crippen LogP contribution in [0.4, 0.5) is 0 Å². The van der Waals surface area contributed by atoms with E-state index in [1.807, 2.05) is 18.2 Å². The molecule has 2 atom stereocenters. The molecule has 18 heavy (non-hydrogen) atoms. The second-order valence-electron chi connectivity index (χ2n) is 4.78. The highest BCUT2D eigenvalue weighted by Crippen LogP contribution is 2.39. The van der Waals surface area contributed by atoms with Gasteiger partial charge in [0, 0.05) is 18.4 Å². The van der Waals surface area contributed by atoms with Crippen LogP contribution in [-0.4, -0.2) is 19.2 Å². The molecule has 0 saturated heterocycles. The van der Waals surface area contributed by atoms with Crippen molar-refractivity contribution in [3.8, 4) is 5.75 Å². The summed E-state index contributed by atoms with van der Waals surface area (Å²) in [4.78, 5) is 11.2. The maximum atomic E-state index is 11.2. The monoisotopic (exact) mass is 248 g/mol. The van der Waals surface area contributed by atoms with Gasteiger partial charge in [-0.05, 0) is 25.3 Å². The Balaban J connectivity index is 2.24. The van der Waals surface area contributed by atoms with Crippen LogP contribution in [0.3, 0.4) is 0 Å². The number of esters is 1. The second-order valence-corrected chi connectivity index (χ2v) is 4.78. The van der Waals surface area contributed by atoms with Crippen LogP contribution >= 0.6 is 0 Å². The number of hydrogen-bond donors (Lipinski definition) is 0. The molecule has 3 heteroatoms. The lowest BCUT2D eigenvalue weighted by molar-refractivity contribution is -0.148. The van der Waals surface area contributed by atoms with Gasteiger partial charge in [-0.3, -0.25) is 4.79 Å². The third-order valence-corrected chi connectivity index (χ3v) is 3.56. The van der Waals surface area contributed by atoms with E-state index < -0.39 is 0 Å². The predicted molar refractivity (Wildman–Crippen MR) is 69.8 cm³/mol. The highest BCUT2D eigenvalue weighted by atomic mass is 16.5. The zero-order chi connectivity index (χ0) is 13.0. The Morgan fingerprint density at radius 2 is 1.94 bits per heavy atom. The van der Waals surface area contributed by atoms with Gasteiger partial charge in [-0.15, -0.1) is 0 Å². The molecule has 0 bridgehead atoms. The van der Waals surface area contributed by atoms with Crippen LogP contribution in [0.1, 0.15) is 44.1 Å². The van der Waals surface area contributed by atoms with Gasteiger partial charge >= 0.3 is 5.97 Å². The van der Waals surface area contributed by atoms with Crippen LogP contribution in [0.2, 0.25) is 0 Å². The number of hydrogen-bond acceptors (Lipinski definition) is 3.